The Morgan fingerprint density at radius 2 is 1.29 bits per heavy atom. The molecular formula is C24H15N3O. The maximum atomic E-state index is 5.72. The Balaban J connectivity index is 1.74. The van der Waals surface area contributed by atoms with Crippen LogP contribution in [0.2, 0.25) is 0 Å². The van der Waals surface area contributed by atoms with E-state index in [1.54, 1.807) is 6.26 Å². The first-order valence-electron chi connectivity index (χ1n) is 9.19. The first-order chi connectivity index (χ1) is 13.9. The van der Waals surface area contributed by atoms with Gasteiger partial charge in [0.25, 0.3) is 0 Å². The van der Waals surface area contributed by atoms with Gasteiger partial charge in [0, 0.05) is 22.4 Å². The first kappa shape index (κ1) is 15.2. The molecule has 0 atom stereocenters. The smallest absolute Gasteiger partial charge is 0.236 e. The summed E-state index contributed by atoms with van der Waals surface area (Å²) >= 11 is 0. The zero-order chi connectivity index (χ0) is 18.5. The van der Waals surface area contributed by atoms with Crippen molar-refractivity contribution in [1.82, 2.24) is 14.5 Å². The molecule has 6 aromatic rings. The third kappa shape index (κ3) is 2.12. The van der Waals surface area contributed by atoms with Crippen LogP contribution in [-0.2, 0) is 0 Å². The highest BCUT2D eigenvalue weighted by Crippen LogP contribution is 2.33. The van der Waals surface area contributed by atoms with Gasteiger partial charge in [0.15, 0.2) is 5.58 Å². The van der Waals surface area contributed by atoms with Crippen molar-refractivity contribution in [3.05, 3.63) is 91.2 Å². The van der Waals surface area contributed by atoms with Crippen molar-refractivity contribution < 1.29 is 4.42 Å². The second kappa shape index (κ2) is 5.79. The Labute approximate surface area is 160 Å². The number of nitrogens with zero attached hydrogens (tertiary/aromatic N) is 3. The number of benzene rings is 3. The summed E-state index contributed by atoms with van der Waals surface area (Å²) in [6.45, 7) is 0. The standard InChI is InChI=1S/C24H15N3O/c1-2-8-16(9-3-1)22-23-19(14-15-28-23)25-24(26-22)27-20-12-6-4-10-17(20)18-11-5-7-13-21(18)27/h1-15H. The summed E-state index contributed by atoms with van der Waals surface area (Å²) in [6.07, 6.45) is 1.67. The monoisotopic (exact) mass is 361 g/mol. The average molecular weight is 361 g/mol. The van der Waals surface area contributed by atoms with E-state index in [9.17, 15) is 0 Å². The normalized spacial score (nSPS) is 11.6. The number of fused-ring (bicyclic) bond motifs is 4. The van der Waals surface area contributed by atoms with Crippen LogP contribution >= 0.6 is 0 Å². The van der Waals surface area contributed by atoms with E-state index in [0.29, 0.717) is 11.5 Å². The fraction of sp³-hybridized carbons (Fsp3) is 0. The molecule has 3 aromatic carbocycles. The first-order valence-corrected chi connectivity index (χ1v) is 9.19. The molecule has 0 radical (unpaired) electrons. The van der Waals surface area contributed by atoms with Crippen LogP contribution in [0.4, 0.5) is 0 Å². The van der Waals surface area contributed by atoms with Gasteiger partial charge in [-0.15, -0.1) is 0 Å². The quantitative estimate of drug-likeness (QED) is 0.381. The van der Waals surface area contributed by atoms with Crippen molar-refractivity contribution in [2.75, 3.05) is 0 Å². The van der Waals surface area contributed by atoms with Gasteiger partial charge in [0.1, 0.15) is 11.2 Å². The third-order valence-electron chi connectivity index (χ3n) is 5.12. The van der Waals surface area contributed by atoms with Gasteiger partial charge in [-0.1, -0.05) is 66.7 Å². The van der Waals surface area contributed by atoms with Crippen LogP contribution in [-0.4, -0.2) is 14.5 Å². The maximum absolute atomic E-state index is 5.72. The topological polar surface area (TPSA) is 43.9 Å². The zero-order valence-electron chi connectivity index (χ0n) is 14.9. The van der Waals surface area contributed by atoms with Crippen LogP contribution < -0.4 is 0 Å². The molecule has 0 amide bonds. The highest BCUT2D eigenvalue weighted by molar-refractivity contribution is 6.09. The van der Waals surface area contributed by atoms with Gasteiger partial charge in [-0.05, 0) is 12.1 Å². The van der Waals surface area contributed by atoms with E-state index >= 15 is 0 Å². The molecule has 0 unspecified atom stereocenters. The van der Waals surface area contributed by atoms with Crippen molar-refractivity contribution in [3.8, 4) is 17.2 Å². The van der Waals surface area contributed by atoms with Gasteiger partial charge < -0.3 is 4.42 Å². The Morgan fingerprint density at radius 3 is 2.00 bits per heavy atom. The molecule has 132 valence electrons. The number of hydrogen-bond acceptors (Lipinski definition) is 3. The predicted molar refractivity (Wildman–Crippen MR) is 112 cm³/mol. The molecule has 0 N–H and O–H groups in total. The van der Waals surface area contributed by atoms with Crippen molar-refractivity contribution in [1.29, 1.82) is 0 Å². The largest absolute Gasteiger partial charge is 0.460 e. The molecule has 6 rings (SSSR count). The second-order valence-electron chi connectivity index (χ2n) is 6.74. The van der Waals surface area contributed by atoms with Gasteiger partial charge in [-0.2, -0.15) is 0 Å². The molecule has 0 aliphatic rings. The van der Waals surface area contributed by atoms with E-state index in [-0.39, 0.29) is 0 Å². The van der Waals surface area contributed by atoms with E-state index in [4.69, 9.17) is 14.4 Å². The summed E-state index contributed by atoms with van der Waals surface area (Å²) in [4.78, 5) is 9.77. The molecule has 0 aliphatic heterocycles. The lowest BCUT2D eigenvalue weighted by molar-refractivity contribution is 0.614. The second-order valence-corrected chi connectivity index (χ2v) is 6.74. The molecule has 3 aromatic heterocycles. The van der Waals surface area contributed by atoms with Crippen molar-refractivity contribution >= 4 is 32.9 Å². The Hall–Kier alpha value is -3.92. The zero-order valence-corrected chi connectivity index (χ0v) is 14.9. The van der Waals surface area contributed by atoms with Crippen LogP contribution in [0.25, 0.3) is 50.1 Å². The van der Waals surface area contributed by atoms with Crippen LogP contribution in [0, 0.1) is 0 Å². The maximum Gasteiger partial charge on any atom is 0.236 e. The van der Waals surface area contributed by atoms with E-state index in [2.05, 4.69) is 41.0 Å². The lowest BCUT2D eigenvalue weighted by Crippen LogP contribution is -2.02. The SMILES string of the molecule is c1ccc(-c2nc(-n3c4ccccc4c4ccccc43)nc3ccoc23)cc1. The van der Waals surface area contributed by atoms with Crippen LogP contribution in [0.3, 0.4) is 0 Å². The number of aromatic nitrogens is 3. The molecule has 3 heterocycles. The van der Waals surface area contributed by atoms with Gasteiger partial charge in [0.05, 0.1) is 17.3 Å². The molecule has 0 fully saturated rings. The number of para-hydroxylation sites is 2. The van der Waals surface area contributed by atoms with Crippen molar-refractivity contribution in [2.24, 2.45) is 0 Å². The van der Waals surface area contributed by atoms with Gasteiger partial charge in [-0.25, -0.2) is 9.97 Å². The summed E-state index contributed by atoms with van der Waals surface area (Å²) in [5.74, 6) is 0.644. The average Bonchev–Trinajstić information content (AvgIpc) is 3.36. The number of rotatable bonds is 2. The highest BCUT2D eigenvalue weighted by Gasteiger charge is 2.17. The molecular weight excluding hydrogens is 346 g/mol. The predicted octanol–water partition coefficient (Wildman–Crippen LogP) is 5.99. The summed E-state index contributed by atoms with van der Waals surface area (Å²) < 4.78 is 7.85. The number of hydrogen-bond donors (Lipinski definition) is 0. The Bertz CT molecular complexity index is 1410. The molecule has 4 nitrogen and oxygen atoms in total. The summed E-state index contributed by atoms with van der Waals surface area (Å²) in [5, 5.41) is 2.38. The lowest BCUT2D eigenvalue weighted by atomic mass is 10.1. The minimum atomic E-state index is 0.644. The number of furan rings is 1. The minimum Gasteiger partial charge on any atom is -0.460 e. The Kier molecular flexibility index (Phi) is 3.14. The van der Waals surface area contributed by atoms with Gasteiger partial charge >= 0.3 is 0 Å². The van der Waals surface area contributed by atoms with E-state index in [1.807, 2.05) is 48.5 Å². The molecule has 0 saturated carbocycles. The van der Waals surface area contributed by atoms with Crippen molar-refractivity contribution in [2.45, 2.75) is 0 Å². The molecule has 0 spiro atoms. The fourth-order valence-corrected chi connectivity index (χ4v) is 3.88. The highest BCUT2D eigenvalue weighted by atomic mass is 16.3. The van der Waals surface area contributed by atoms with Crippen LogP contribution in [0.5, 0.6) is 0 Å². The molecule has 0 aliphatic carbocycles. The summed E-state index contributed by atoms with van der Waals surface area (Å²) in [5.41, 5.74) is 5.48. The van der Waals surface area contributed by atoms with Gasteiger partial charge in [-0.3, -0.25) is 4.57 Å². The van der Waals surface area contributed by atoms with E-state index in [1.165, 1.54) is 10.8 Å². The molecule has 0 saturated heterocycles. The fourth-order valence-electron chi connectivity index (χ4n) is 3.88. The third-order valence-corrected chi connectivity index (χ3v) is 5.12. The summed E-state index contributed by atoms with van der Waals surface area (Å²) in [6, 6.07) is 28.7. The van der Waals surface area contributed by atoms with E-state index < -0.39 is 0 Å². The molecule has 4 heteroatoms. The molecule has 0 bridgehead atoms. The van der Waals surface area contributed by atoms with Crippen molar-refractivity contribution in [3.63, 3.8) is 0 Å². The van der Waals surface area contributed by atoms with Crippen LogP contribution in [0.1, 0.15) is 0 Å². The molecule has 28 heavy (non-hydrogen) atoms. The minimum absolute atomic E-state index is 0.644. The summed E-state index contributed by atoms with van der Waals surface area (Å²) in [7, 11) is 0. The van der Waals surface area contributed by atoms with Crippen LogP contribution in [0.15, 0.2) is 95.6 Å². The van der Waals surface area contributed by atoms with Gasteiger partial charge in [0.2, 0.25) is 5.95 Å². The Morgan fingerprint density at radius 1 is 0.643 bits per heavy atom. The lowest BCUT2D eigenvalue weighted by Gasteiger charge is -2.09. The van der Waals surface area contributed by atoms with E-state index in [0.717, 1.165) is 27.8 Å².